The van der Waals surface area contributed by atoms with Gasteiger partial charge in [0.25, 0.3) is 0 Å². The van der Waals surface area contributed by atoms with E-state index in [1.54, 1.807) is 4.68 Å². The molecule has 0 saturated carbocycles. The highest BCUT2D eigenvalue weighted by Gasteiger charge is 2.09. The summed E-state index contributed by atoms with van der Waals surface area (Å²) in [4.78, 5) is 8.89. The maximum absolute atomic E-state index is 4.54. The van der Waals surface area contributed by atoms with E-state index in [-0.39, 0.29) is 0 Å². The van der Waals surface area contributed by atoms with Gasteiger partial charge in [0.05, 0.1) is 5.52 Å². The predicted octanol–water partition coefficient (Wildman–Crippen LogP) is 2.93. The monoisotopic (exact) mass is 317 g/mol. The van der Waals surface area contributed by atoms with E-state index in [0.29, 0.717) is 0 Å². The second-order valence-electron chi connectivity index (χ2n) is 4.21. The van der Waals surface area contributed by atoms with Crippen LogP contribution in [-0.4, -0.2) is 25.0 Å². The van der Waals surface area contributed by atoms with Gasteiger partial charge in [0.2, 0.25) is 0 Å². The van der Waals surface area contributed by atoms with Crippen molar-refractivity contribution in [1.82, 2.24) is 25.0 Å². The van der Waals surface area contributed by atoms with Gasteiger partial charge in [-0.25, -0.2) is 9.97 Å². The Hall–Kier alpha value is -1.82. The van der Waals surface area contributed by atoms with Crippen molar-refractivity contribution in [2.75, 3.05) is 0 Å². The molecule has 0 aliphatic carbocycles. The third-order valence-corrected chi connectivity index (χ3v) is 3.18. The van der Waals surface area contributed by atoms with Gasteiger partial charge >= 0.3 is 0 Å². The molecule has 0 bridgehead atoms. The number of halogens is 1. The number of para-hydroxylation sites is 1. The molecule has 0 radical (unpaired) electrons. The average molecular weight is 318 g/mol. The van der Waals surface area contributed by atoms with E-state index in [1.165, 1.54) is 0 Å². The first-order valence-electron chi connectivity index (χ1n) is 6.12. The average Bonchev–Trinajstić information content (AvgIpc) is 2.82. The fourth-order valence-electron chi connectivity index (χ4n) is 1.93. The summed E-state index contributed by atoms with van der Waals surface area (Å²) in [5.74, 6) is 1.55. The van der Waals surface area contributed by atoms with E-state index in [9.17, 15) is 0 Å². The SMILES string of the molecule is CCCc1nc(Br)cc(-n2nnc3ccccc32)n1. The van der Waals surface area contributed by atoms with Crippen LogP contribution in [-0.2, 0) is 6.42 Å². The normalized spacial score (nSPS) is 11.1. The summed E-state index contributed by atoms with van der Waals surface area (Å²) < 4.78 is 2.50. The van der Waals surface area contributed by atoms with E-state index < -0.39 is 0 Å². The molecule has 2 aromatic heterocycles. The summed E-state index contributed by atoms with van der Waals surface area (Å²) in [5, 5.41) is 8.30. The Balaban J connectivity index is 2.15. The number of nitrogens with zero attached hydrogens (tertiary/aromatic N) is 5. The van der Waals surface area contributed by atoms with E-state index in [1.807, 2.05) is 30.3 Å². The molecule has 0 amide bonds. The van der Waals surface area contributed by atoms with Gasteiger partial charge in [-0.1, -0.05) is 24.3 Å². The lowest BCUT2D eigenvalue weighted by Crippen LogP contribution is -2.04. The van der Waals surface area contributed by atoms with Crippen LogP contribution < -0.4 is 0 Å². The van der Waals surface area contributed by atoms with Crippen molar-refractivity contribution in [2.24, 2.45) is 0 Å². The number of hydrogen-bond acceptors (Lipinski definition) is 4. The molecule has 1 aromatic carbocycles. The highest BCUT2D eigenvalue weighted by atomic mass is 79.9. The van der Waals surface area contributed by atoms with Gasteiger partial charge in [-0.15, -0.1) is 5.10 Å². The van der Waals surface area contributed by atoms with Crippen molar-refractivity contribution < 1.29 is 0 Å². The Morgan fingerprint density at radius 3 is 2.89 bits per heavy atom. The number of aromatic nitrogens is 5. The maximum Gasteiger partial charge on any atom is 0.160 e. The molecule has 96 valence electrons. The molecule has 19 heavy (non-hydrogen) atoms. The number of rotatable bonds is 3. The molecule has 6 heteroatoms. The zero-order chi connectivity index (χ0) is 13.2. The van der Waals surface area contributed by atoms with Gasteiger partial charge in [-0.2, -0.15) is 4.68 Å². The minimum absolute atomic E-state index is 0.735. The van der Waals surface area contributed by atoms with Gasteiger partial charge < -0.3 is 0 Å². The van der Waals surface area contributed by atoms with Crippen LogP contribution in [0.25, 0.3) is 16.9 Å². The van der Waals surface area contributed by atoms with Gasteiger partial charge in [0, 0.05) is 12.5 Å². The summed E-state index contributed by atoms with van der Waals surface area (Å²) in [5.41, 5.74) is 1.80. The molecule has 0 aliphatic heterocycles. The van der Waals surface area contributed by atoms with E-state index in [2.05, 4.69) is 43.1 Å². The molecule has 0 unspecified atom stereocenters. The number of hydrogen-bond donors (Lipinski definition) is 0. The second-order valence-corrected chi connectivity index (χ2v) is 5.02. The number of fused-ring (bicyclic) bond motifs is 1. The third-order valence-electron chi connectivity index (χ3n) is 2.77. The van der Waals surface area contributed by atoms with Crippen LogP contribution in [0.15, 0.2) is 34.9 Å². The molecule has 3 aromatic rings. The summed E-state index contributed by atoms with van der Waals surface area (Å²) in [7, 11) is 0. The summed E-state index contributed by atoms with van der Waals surface area (Å²) >= 11 is 3.42. The van der Waals surface area contributed by atoms with Crippen LogP contribution in [0.1, 0.15) is 19.2 Å². The fourth-order valence-corrected chi connectivity index (χ4v) is 2.34. The molecule has 2 heterocycles. The van der Waals surface area contributed by atoms with Crippen molar-refractivity contribution in [1.29, 1.82) is 0 Å². The smallest absolute Gasteiger partial charge is 0.160 e. The highest BCUT2D eigenvalue weighted by Crippen LogP contribution is 2.17. The molecule has 3 rings (SSSR count). The lowest BCUT2D eigenvalue weighted by Gasteiger charge is -2.04. The minimum atomic E-state index is 0.735. The zero-order valence-corrected chi connectivity index (χ0v) is 12.0. The highest BCUT2D eigenvalue weighted by molar-refractivity contribution is 9.10. The standard InChI is InChI=1S/C13H12BrN5/c1-2-5-12-15-11(14)8-13(16-12)19-10-7-4-3-6-9(10)17-18-19/h3-4,6-8H,2,5H2,1H3. The molecule has 0 spiro atoms. The first kappa shape index (κ1) is 12.2. The summed E-state index contributed by atoms with van der Waals surface area (Å²) in [6.45, 7) is 2.11. The molecule has 0 N–H and O–H groups in total. The number of aryl methyl sites for hydroxylation is 1. The second kappa shape index (κ2) is 5.05. The predicted molar refractivity (Wildman–Crippen MR) is 76.2 cm³/mol. The quantitative estimate of drug-likeness (QED) is 0.697. The van der Waals surface area contributed by atoms with Crippen molar-refractivity contribution in [3.8, 4) is 5.82 Å². The molecule has 0 fully saturated rings. The van der Waals surface area contributed by atoms with E-state index in [0.717, 1.165) is 40.1 Å². The Bertz CT molecular complexity index is 722. The Morgan fingerprint density at radius 2 is 2.05 bits per heavy atom. The van der Waals surface area contributed by atoms with Crippen LogP contribution in [0.5, 0.6) is 0 Å². The van der Waals surface area contributed by atoms with Gasteiger partial charge in [0.1, 0.15) is 15.9 Å². The minimum Gasteiger partial charge on any atom is -0.226 e. The van der Waals surface area contributed by atoms with Crippen molar-refractivity contribution in [2.45, 2.75) is 19.8 Å². The van der Waals surface area contributed by atoms with Gasteiger partial charge in [0.15, 0.2) is 5.82 Å². The van der Waals surface area contributed by atoms with Crippen molar-refractivity contribution in [3.05, 3.63) is 40.8 Å². The number of benzene rings is 1. The molecule has 5 nitrogen and oxygen atoms in total. The van der Waals surface area contributed by atoms with Crippen LogP contribution in [0.2, 0.25) is 0 Å². The van der Waals surface area contributed by atoms with E-state index in [4.69, 9.17) is 0 Å². The maximum atomic E-state index is 4.54. The first-order chi connectivity index (χ1) is 9.28. The first-order valence-corrected chi connectivity index (χ1v) is 6.91. The Morgan fingerprint density at radius 1 is 1.21 bits per heavy atom. The molecular weight excluding hydrogens is 306 g/mol. The fraction of sp³-hybridized carbons (Fsp3) is 0.231. The van der Waals surface area contributed by atoms with Crippen LogP contribution in [0, 0.1) is 0 Å². The lowest BCUT2D eigenvalue weighted by molar-refractivity contribution is 0.762. The van der Waals surface area contributed by atoms with Crippen molar-refractivity contribution >= 4 is 27.0 Å². The molecule has 0 saturated heterocycles. The largest absolute Gasteiger partial charge is 0.226 e. The Labute approximate surface area is 118 Å². The summed E-state index contributed by atoms with van der Waals surface area (Å²) in [6.07, 6.45) is 1.85. The van der Waals surface area contributed by atoms with Crippen molar-refractivity contribution in [3.63, 3.8) is 0 Å². The lowest BCUT2D eigenvalue weighted by atomic mass is 10.3. The third kappa shape index (κ3) is 2.35. The van der Waals surface area contributed by atoms with Gasteiger partial charge in [-0.05, 0) is 34.5 Å². The molecule has 0 aliphatic rings. The summed E-state index contributed by atoms with van der Waals surface area (Å²) in [6, 6.07) is 9.66. The van der Waals surface area contributed by atoms with Crippen LogP contribution in [0.3, 0.4) is 0 Å². The van der Waals surface area contributed by atoms with Crippen LogP contribution >= 0.6 is 15.9 Å². The topological polar surface area (TPSA) is 56.5 Å². The Kier molecular flexibility index (Phi) is 3.25. The molecular formula is C13H12BrN5. The molecule has 0 atom stereocenters. The zero-order valence-electron chi connectivity index (χ0n) is 10.4. The van der Waals surface area contributed by atoms with Crippen LogP contribution in [0.4, 0.5) is 0 Å². The van der Waals surface area contributed by atoms with Gasteiger partial charge in [-0.3, -0.25) is 0 Å². The van der Waals surface area contributed by atoms with E-state index >= 15 is 0 Å².